The lowest BCUT2D eigenvalue weighted by molar-refractivity contribution is 0.521. The fourth-order valence-corrected chi connectivity index (χ4v) is 3.90. The molecule has 0 aliphatic heterocycles. The Balaban J connectivity index is 2.03. The summed E-state index contributed by atoms with van der Waals surface area (Å²) in [5.74, 6) is 0.608. The van der Waals surface area contributed by atoms with Crippen LogP contribution in [0.25, 0.3) is 10.9 Å². The normalized spacial score (nSPS) is 17.4. The number of H-pyrrole nitrogens is 1. The van der Waals surface area contributed by atoms with Gasteiger partial charge in [-0.1, -0.05) is 12.8 Å². The summed E-state index contributed by atoms with van der Waals surface area (Å²) in [7, 11) is -0.246. The van der Waals surface area contributed by atoms with Gasteiger partial charge in [-0.05, 0) is 43.0 Å². The summed E-state index contributed by atoms with van der Waals surface area (Å²) in [4.78, 5) is 3.79. The minimum Gasteiger partial charge on any atom is -0.358 e. The second kappa shape index (κ2) is 4.90. The van der Waals surface area contributed by atoms with Gasteiger partial charge < -0.3 is 4.98 Å². The minimum absolute atomic E-state index is 0.354. The molecule has 108 valence electrons. The van der Waals surface area contributed by atoms with Gasteiger partial charge in [-0.2, -0.15) is 0 Å². The first-order chi connectivity index (χ1) is 9.48. The zero-order chi connectivity index (χ0) is 14.3. The largest absolute Gasteiger partial charge is 0.358 e. The molecule has 3 rings (SSSR count). The highest BCUT2D eigenvalue weighted by molar-refractivity contribution is 7.89. The van der Waals surface area contributed by atoms with Crippen LogP contribution in [0.3, 0.4) is 0 Å². The molecule has 0 spiro atoms. The maximum atomic E-state index is 12.2. The molecule has 4 nitrogen and oxygen atoms in total. The van der Waals surface area contributed by atoms with Crippen LogP contribution in [-0.2, 0) is 10.0 Å². The molecule has 0 unspecified atom stereocenters. The molecule has 20 heavy (non-hydrogen) atoms. The Labute approximate surface area is 119 Å². The van der Waals surface area contributed by atoms with Crippen LogP contribution in [-0.4, -0.2) is 31.8 Å². The molecular formula is C15H20N2O2S. The number of hydrogen-bond donors (Lipinski definition) is 1. The summed E-state index contributed by atoms with van der Waals surface area (Å²) in [5.41, 5.74) is 2.27. The Bertz CT molecular complexity index is 725. The van der Waals surface area contributed by atoms with Crippen molar-refractivity contribution in [1.29, 1.82) is 0 Å². The van der Waals surface area contributed by atoms with E-state index in [1.54, 1.807) is 26.2 Å². The van der Waals surface area contributed by atoms with Crippen LogP contribution in [0.2, 0.25) is 0 Å². The summed E-state index contributed by atoms with van der Waals surface area (Å²) in [6.45, 7) is 0. The quantitative estimate of drug-likeness (QED) is 0.945. The average Bonchev–Trinajstić information content (AvgIpc) is 3.06. The van der Waals surface area contributed by atoms with Crippen molar-refractivity contribution in [2.75, 3.05) is 14.1 Å². The van der Waals surface area contributed by atoms with Crippen molar-refractivity contribution < 1.29 is 8.42 Å². The van der Waals surface area contributed by atoms with Gasteiger partial charge in [-0.3, -0.25) is 0 Å². The third-order valence-electron chi connectivity index (χ3n) is 4.19. The molecule has 1 heterocycles. The van der Waals surface area contributed by atoms with Gasteiger partial charge >= 0.3 is 0 Å². The molecule has 1 aliphatic carbocycles. The molecule has 1 fully saturated rings. The van der Waals surface area contributed by atoms with Gasteiger partial charge in [0, 0.05) is 30.7 Å². The Kier molecular flexibility index (Phi) is 3.34. The summed E-state index contributed by atoms with van der Waals surface area (Å²) in [5, 5.41) is 0.981. The van der Waals surface area contributed by atoms with Crippen LogP contribution in [0.15, 0.2) is 29.2 Å². The zero-order valence-electron chi connectivity index (χ0n) is 11.9. The van der Waals surface area contributed by atoms with E-state index in [0.29, 0.717) is 10.8 Å². The third kappa shape index (κ3) is 2.25. The van der Waals surface area contributed by atoms with Gasteiger partial charge in [-0.25, -0.2) is 12.7 Å². The van der Waals surface area contributed by atoms with Gasteiger partial charge in [-0.15, -0.1) is 0 Å². The first-order valence-corrected chi connectivity index (χ1v) is 8.48. The van der Waals surface area contributed by atoms with E-state index in [9.17, 15) is 8.42 Å². The first kappa shape index (κ1) is 13.6. The standard InChI is InChI=1S/C15H20N2O2S/c1-17(2)20(18,19)13-7-8-14-12(9-13)10-15(16-14)11-5-3-4-6-11/h7-11,16H,3-6H2,1-2H3. The molecule has 0 saturated heterocycles. The molecule has 1 aromatic heterocycles. The van der Waals surface area contributed by atoms with Crippen molar-refractivity contribution in [3.63, 3.8) is 0 Å². The second-order valence-electron chi connectivity index (χ2n) is 5.74. The molecule has 1 aromatic carbocycles. The number of nitrogens with one attached hydrogen (secondary N) is 1. The van der Waals surface area contributed by atoms with Crippen molar-refractivity contribution in [2.24, 2.45) is 0 Å². The molecule has 0 amide bonds. The van der Waals surface area contributed by atoms with Gasteiger partial charge in [0.25, 0.3) is 0 Å². The lowest BCUT2D eigenvalue weighted by Gasteiger charge is -2.10. The second-order valence-corrected chi connectivity index (χ2v) is 7.89. The molecule has 0 atom stereocenters. The fraction of sp³-hybridized carbons (Fsp3) is 0.467. The van der Waals surface area contributed by atoms with Crippen molar-refractivity contribution in [1.82, 2.24) is 9.29 Å². The van der Waals surface area contributed by atoms with Crippen molar-refractivity contribution in [3.8, 4) is 0 Å². The maximum absolute atomic E-state index is 12.2. The van der Waals surface area contributed by atoms with Crippen LogP contribution in [0.5, 0.6) is 0 Å². The monoisotopic (exact) mass is 292 g/mol. The fourth-order valence-electron chi connectivity index (χ4n) is 2.96. The van der Waals surface area contributed by atoms with E-state index in [2.05, 4.69) is 11.1 Å². The number of sulfonamides is 1. The molecule has 0 bridgehead atoms. The van der Waals surface area contributed by atoms with E-state index in [0.717, 1.165) is 10.9 Å². The lowest BCUT2D eigenvalue weighted by atomic mass is 10.0. The number of rotatable bonds is 3. The predicted octanol–water partition coefficient (Wildman–Crippen LogP) is 3.08. The number of hydrogen-bond acceptors (Lipinski definition) is 2. The van der Waals surface area contributed by atoms with Gasteiger partial charge in [0.2, 0.25) is 10.0 Å². The number of aromatic nitrogens is 1. The molecular weight excluding hydrogens is 272 g/mol. The first-order valence-electron chi connectivity index (χ1n) is 7.04. The average molecular weight is 292 g/mol. The van der Waals surface area contributed by atoms with Crippen LogP contribution >= 0.6 is 0 Å². The highest BCUT2D eigenvalue weighted by atomic mass is 32.2. The molecule has 1 N–H and O–H groups in total. The highest BCUT2D eigenvalue weighted by Crippen LogP contribution is 2.35. The SMILES string of the molecule is CN(C)S(=O)(=O)c1ccc2[nH]c(C3CCCC3)cc2c1. The van der Waals surface area contributed by atoms with Crippen LogP contribution < -0.4 is 0 Å². The van der Waals surface area contributed by atoms with Crippen molar-refractivity contribution in [3.05, 3.63) is 30.0 Å². The summed E-state index contributed by atoms with van der Waals surface area (Å²) in [6, 6.07) is 7.41. The molecule has 5 heteroatoms. The van der Waals surface area contributed by atoms with E-state index in [4.69, 9.17) is 0 Å². The van der Waals surface area contributed by atoms with Crippen molar-refractivity contribution >= 4 is 20.9 Å². The van der Waals surface area contributed by atoms with Gasteiger partial charge in [0.05, 0.1) is 4.90 Å². The lowest BCUT2D eigenvalue weighted by Crippen LogP contribution is -2.22. The van der Waals surface area contributed by atoms with Crippen molar-refractivity contribution in [2.45, 2.75) is 36.5 Å². The smallest absolute Gasteiger partial charge is 0.242 e. The molecule has 0 radical (unpaired) electrons. The molecule has 1 aliphatic rings. The number of aromatic amines is 1. The van der Waals surface area contributed by atoms with Gasteiger partial charge in [0.15, 0.2) is 0 Å². The number of benzene rings is 1. The van der Waals surface area contributed by atoms with Crippen LogP contribution in [0.4, 0.5) is 0 Å². The Morgan fingerprint density at radius 2 is 1.85 bits per heavy atom. The van der Waals surface area contributed by atoms with Crippen LogP contribution in [0, 0.1) is 0 Å². The molecule has 2 aromatic rings. The highest BCUT2D eigenvalue weighted by Gasteiger charge is 2.21. The minimum atomic E-state index is -3.36. The predicted molar refractivity (Wildman–Crippen MR) is 80.4 cm³/mol. The summed E-state index contributed by atoms with van der Waals surface area (Å²) < 4.78 is 25.6. The molecule has 1 saturated carbocycles. The zero-order valence-corrected chi connectivity index (χ0v) is 12.7. The Morgan fingerprint density at radius 1 is 1.15 bits per heavy atom. The number of fused-ring (bicyclic) bond motifs is 1. The summed E-state index contributed by atoms with van der Waals surface area (Å²) in [6.07, 6.45) is 5.05. The third-order valence-corrected chi connectivity index (χ3v) is 6.00. The Morgan fingerprint density at radius 3 is 2.50 bits per heavy atom. The summed E-state index contributed by atoms with van der Waals surface area (Å²) >= 11 is 0. The van der Waals surface area contributed by atoms with Crippen LogP contribution in [0.1, 0.15) is 37.3 Å². The van der Waals surface area contributed by atoms with E-state index < -0.39 is 10.0 Å². The Hall–Kier alpha value is -1.33. The topological polar surface area (TPSA) is 53.2 Å². The van der Waals surface area contributed by atoms with E-state index in [1.165, 1.54) is 35.7 Å². The number of nitrogens with zero attached hydrogens (tertiary/aromatic N) is 1. The van der Waals surface area contributed by atoms with E-state index in [-0.39, 0.29) is 0 Å². The maximum Gasteiger partial charge on any atom is 0.242 e. The van der Waals surface area contributed by atoms with E-state index >= 15 is 0 Å². The van der Waals surface area contributed by atoms with Gasteiger partial charge in [0.1, 0.15) is 0 Å². The van der Waals surface area contributed by atoms with E-state index in [1.807, 2.05) is 6.07 Å².